The highest BCUT2D eigenvalue weighted by Crippen LogP contribution is 2.16. The summed E-state index contributed by atoms with van der Waals surface area (Å²) in [5, 5.41) is 23.0. The van der Waals surface area contributed by atoms with Gasteiger partial charge in [0.1, 0.15) is 0 Å². The number of rotatable bonds is 43. The van der Waals surface area contributed by atoms with Gasteiger partial charge < -0.3 is 20.3 Å². The zero-order chi connectivity index (χ0) is 38.7. The molecule has 0 aromatic carbocycles. The van der Waals surface area contributed by atoms with Gasteiger partial charge in [0, 0.05) is 12.8 Å². The maximum atomic E-state index is 12.3. The van der Waals surface area contributed by atoms with Crippen molar-refractivity contribution < 1.29 is 24.5 Å². The third-order valence-electron chi connectivity index (χ3n) is 10.8. The van der Waals surface area contributed by atoms with Crippen molar-refractivity contribution in [2.24, 2.45) is 0 Å². The third-order valence-corrected chi connectivity index (χ3v) is 10.8. The van der Waals surface area contributed by atoms with Gasteiger partial charge in [0.25, 0.3) is 0 Å². The fraction of sp³-hybridized carbons (Fsp3) is 0.915. The van der Waals surface area contributed by atoms with Crippen LogP contribution in [0.15, 0.2) is 12.2 Å². The molecule has 0 aromatic heterocycles. The number of carbonyl (C=O) groups excluding carboxylic acids is 2. The van der Waals surface area contributed by atoms with E-state index in [4.69, 9.17) is 4.74 Å². The van der Waals surface area contributed by atoms with Crippen molar-refractivity contribution in [3.8, 4) is 0 Å². The molecule has 0 saturated heterocycles. The van der Waals surface area contributed by atoms with Gasteiger partial charge in [-0.25, -0.2) is 0 Å². The lowest BCUT2D eigenvalue weighted by atomic mass is 10.0. The molecule has 0 bridgehead atoms. The van der Waals surface area contributed by atoms with Gasteiger partial charge in [0.15, 0.2) is 0 Å². The second kappa shape index (κ2) is 43.3. The van der Waals surface area contributed by atoms with Crippen LogP contribution < -0.4 is 5.32 Å². The Bertz CT molecular complexity index is 787. The number of hydrogen-bond acceptors (Lipinski definition) is 5. The first-order valence-electron chi connectivity index (χ1n) is 23.4. The highest BCUT2D eigenvalue weighted by atomic mass is 16.5. The number of aliphatic hydroxyl groups excluding tert-OH is 2. The number of nitrogens with one attached hydrogen (secondary N) is 1. The molecule has 0 radical (unpaired) electrons. The second-order valence-corrected chi connectivity index (χ2v) is 16.1. The lowest BCUT2D eigenvalue weighted by Gasteiger charge is -2.22. The average molecular weight is 750 g/mol. The van der Waals surface area contributed by atoms with Crippen LogP contribution in [0.25, 0.3) is 0 Å². The molecule has 314 valence electrons. The van der Waals surface area contributed by atoms with Gasteiger partial charge in [-0.05, 0) is 44.9 Å². The summed E-state index contributed by atoms with van der Waals surface area (Å²) in [4.78, 5) is 24.4. The summed E-state index contributed by atoms with van der Waals surface area (Å²) in [5.41, 5.74) is 0. The number of esters is 1. The Hall–Kier alpha value is -1.40. The van der Waals surface area contributed by atoms with Gasteiger partial charge in [-0.3, -0.25) is 9.59 Å². The molecule has 0 aromatic rings. The Balaban J connectivity index is 3.48. The normalized spacial score (nSPS) is 12.8. The van der Waals surface area contributed by atoms with Crippen LogP contribution in [-0.4, -0.2) is 47.4 Å². The first-order valence-corrected chi connectivity index (χ1v) is 23.4. The van der Waals surface area contributed by atoms with Gasteiger partial charge in [-0.15, -0.1) is 0 Å². The van der Waals surface area contributed by atoms with Crippen LogP contribution in [0.2, 0.25) is 0 Å². The topological polar surface area (TPSA) is 95.9 Å². The Labute approximate surface area is 329 Å². The molecule has 0 rings (SSSR count). The van der Waals surface area contributed by atoms with E-state index < -0.39 is 12.1 Å². The van der Waals surface area contributed by atoms with E-state index >= 15 is 0 Å². The van der Waals surface area contributed by atoms with E-state index in [1.54, 1.807) is 0 Å². The maximum absolute atomic E-state index is 12.3. The summed E-state index contributed by atoms with van der Waals surface area (Å²) >= 11 is 0. The Morgan fingerprint density at radius 2 is 0.906 bits per heavy atom. The lowest BCUT2D eigenvalue weighted by molar-refractivity contribution is -0.143. The number of aliphatic hydroxyl groups is 2. The Morgan fingerprint density at radius 1 is 0.509 bits per heavy atom. The molecule has 0 heterocycles. The van der Waals surface area contributed by atoms with E-state index in [2.05, 4.69) is 31.3 Å². The van der Waals surface area contributed by atoms with Gasteiger partial charge in [0.05, 0.1) is 25.4 Å². The molecule has 6 heteroatoms. The molecule has 6 nitrogen and oxygen atoms in total. The van der Waals surface area contributed by atoms with Crippen molar-refractivity contribution in [3.63, 3.8) is 0 Å². The quantitative estimate of drug-likeness (QED) is 0.0328. The fourth-order valence-corrected chi connectivity index (χ4v) is 7.17. The fourth-order valence-electron chi connectivity index (χ4n) is 7.17. The van der Waals surface area contributed by atoms with Crippen LogP contribution in [0, 0.1) is 0 Å². The van der Waals surface area contributed by atoms with Gasteiger partial charge in [0.2, 0.25) is 5.91 Å². The van der Waals surface area contributed by atoms with Crippen molar-refractivity contribution in [3.05, 3.63) is 12.2 Å². The third kappa shape index (κ3) is 40.1. The zero-order valence-corrected chi connectivity index (χ0v) is 35.5. The van der Waals surface area contributed by atoms with E-state index in [0.717, 1.165) is 70.6 Å². The Morgan fingerprint density at radius 3 is 1.38 bits per heavy atom. The summed E-state index contributed by atoms with van der Waals surface area (Å²) in [6.07, 6.45) is 47.6. The molecule has 0 fully saturated rings. The van der Waals surface area contributed by atoms with Crippen LogP contribution in [0.3, 0.4) is 0 Å². The van der Waals surface area contributed by atoms with Crippen molar-refractivity contribution in [2.75, 3.05) is 13.2 Å². The Kier molecular flexibility index (Phi) is 42.2. The molecule has 0 aliphatic rings. The molecule has 3 N–H and O–H groups in total. The SMILES string of the molecule is CCCCCCCCCCCCCCCCCCCCC(=O)OCCCCCC/C=C\CCCC(=O)NC(CO)C(O)CCCCCCCCCCC. The van der Waals surface area contributed by atoms with Crippen LogP contribution >= 0.6 is 0 Å². The summed E-state index contributed by atoms with van der Waals surface area (Å²) in [5.74, 6) is -0.130. The van der Waals surface area contributed by atoms with E-state index in [1.165, 1.54) is 148 Å². The van der Waals surface area contributed by atoms with Crippen LogP contribution in [-0.2, 0) is 14.3 Å². The molecular weight excluding hydrogens is 659 g/mol. The van der Waals surface area contributed by atoms with E-state index in [0.29, 0.717) is 25.9 Å². The van der Waals surface area contributed by atoms with Crippen LogP contribution in [0.5, 0.6) is 0 Å². The first-order chi connectivity index (χ1) is 26.0. The number of ether oxygens (including phenoxy) is 1. The minimum Gasteiger partial charge on any atom is -0.466 e. The van der Waals surface area contributed by atoms with Crippen molar-refractivity contribution in [1.82, 2.24) is 5.32 Å². The van der Waals surface area contributed by atoms with Crippen molar-refractivity contribution >= 4 is 11.9 Å². The molecule has 0 spiro atoms. The summed E-state index contributed by atoms with van der Waals surface area (Å²) in [6.45, 7) is 4.84. The second-order valence-electron chi connectivity index (χ2n) is 16.1. The van der Waals surface area contributed by atoms with Gasteiger partial charge in [-0.1, -0.05) is 206 Å². The van der Waals surface area contributed by atoms with Crippen molar-refractivity contribution in [2.45, 2.75) is 264 Å². The average Bonchev–Trinajstić information content (AvgIpc) is 3.16. The summed E-state index contributed by atoms with van der Waals surface area (Å²) in [6, 6.07) is -0.575. The molecule has 2 atom stereocenters. The van der Waals surface area contributed by atoms with Crippen molar-refractivity contribution in [1.29, 1.82) is 0 Å². The molecule has 0 aliphatic carbocycles. The van der Waals surface area contributed by atoms with Crippen LogP contribution in [0.4, 0.5) is 0 Å². The predicted octanol–water partition coefficient (Wildman–Crippen LogP) is 13.4. The first kappa shape index (κ1) is 51.6. The minimum atomic E-state index is -0.691. The molecule has 0 saturated carbocycles. The maximum Gasteiger partial charge on any atom is 0.305 e. The number of carbonyl (C=O) groups is 2. The minimum absolute atomic E-state index is 0.0322. The zero-order valence-electron chi connectivity index (χ0n) is 35.5. The highest BCUT2D eigenvalue weighted by molar-refractivity contribution is 5.76. The number of amides is 1. The molecular formula is C47H91NO5. The van der Waals surface area contributed by atoms with E-state index in [1.807, 2.05) is 0 Å². The molecule has 2 unspecified atom stereocenters. The van der Waals surface area contributed by atoms with Gasteiger partial charge >= 0.3 is 5.97 Å². The lowest BCUT2D eigenvalue weighted by Crippen LogP contribution is -2.45. The standard InChI is InChI=1S/C47H91NO5/c1-3-5-7-9-11-13-14-15-16-17-18-19-20-21-25-29-33-37-41-47(52)53-42-38-34-30-26-22-24-28-32-36-40-46(51)48-44(43-49)45(50)39-35-31-27-23-12-10-8-6-4-2/h24,28,44-45,49-50H,3-23,25-27,29-43H2,1-2H3,(H,48,51)/b28-24-. The summed E-state index contributed by atoms with van der Waals surface area (Å²) in [7, 11) is 0. The summed E-state index contributed by atoms with van der Waals surface area (Å²) < 4.78 is 5.44. The number of allylic oxidation sites excluding steroid dienone is 2. The smallest absolute Gasteiger partial charge is 0.305 e. The van der Waals surface area contributed by atoms with E-state index in [9.17, 15) is 19.8 Å². The number of unbranched alkanes of at least 4 members (excludes halogenated alkanes) is 30. The number of hydrogen-bond donors (Lipinski definition) is 3. The van der Waals surface area contributed by atoms with E-state index in [-0.39, 0.29) is 18.5 Å². The molecule has 1 amide bonds. The monoisotopic (exact) mass is 750 g/mol. The molecule has 53 heavy (non-hydrogen) atoms. The highest BCUT2D eigenvalue weighted by Gasteiger charge is 2.19. The largest absolute Gasteiger partial charge is 0.466 e. The predicted molar refractivity (Wildman–Crippen MR) is 227 cm³/mol. The molecule has 0 aliphatic heterocycles. The van der Waals surface area contributed by atoms with Crippen LogP contribution in [0.1, 0.15) is 251 Å². The van der Waals surface area contributed by atoms with Gasteiger partial charge in [-0.2, -0.15) is 0 Å².